The summed E-state index contributed by atoms with van der Waals surface area (Å²) < 4.78 is 5.46. The Kier molecular flexibility index (Phi) is 5.49. The van der Waals surface area contributed by atoms with Gasteiger partial charge in [-0.2, -0.15) is 0 Å². The fourth-order valence-electron chi connectivity index (χ4n) is 3.27. The molecule has 22 heavy (non-hydrogen) atoms. The molecule has 1 aromatic rings. The Bertz CT molecular complexity index is 496. The van der Waals surface area contributed by atoms with E-state index >= 15 is 0 Å². The van der Waals surface area contributed by atoms with Crippen LogP contribution in [0.5, 0.6) is 5.75 Å². The Morgan fingerprint density at radius 2 is 1.91 bits per heavy atom. The van der Waals surface area contributed by atoms with Crippen molar-refractivity contribution < 1.29 is 9.53 Å². The smallest absolute Gasteiger partial charge is 0.251 e. The summed E-state index contributed by atoms with van der Waals surface area (Å²) in [6, 6.07) is 7.73. The van der Waals surface area contributed by atoms with Crippen molar-refractivity contribution in [2.24, 2.45) is 11.3 Å². The van der Waals surface area contributed by atoms with Gasteiger partial charge in [0.05, 0.1) is 6.61 Å². The summed E-state index contributed by atoms with van der Waals surface area (Å²) in [7, 11) is 0. The number of amides is 1. The molecule has 1 aliphatic carbocycles. The Morgan fingerprint density at radius 1 is 1.23 bits per heavy atom. The average Bonchev–Trinajstić information content (AvgIpc) is 2.47. The molecule has 0 unspecified atom stereocenters. The number of ether oxygens (including phenoxy) is 1. The first-order valence-electron chi connectivity index (χ1n) is 8.44. The van der Waals surface area contributed by atoms with Crippen molar-refractivity contribution in [2.45, 2.75) is 59.4 Å². The predicted octanol–water partition coefficient (Wildman–Crippen LogP) is 4.42. The van der Waals surface area contributed by atoms with Gasteiger partial charge in [0, 0.05) is 11.6 Å². The highest BCUT2D eigenvalue weighted by atomic mass is 16.5. The molecule has 0 heterocycles. The minimum absolute atomic E-state index is 0.0146. The third-order valence-electron chi connectivity index (χ3n) is 4.69. The maximum atomic E-state index is 12.4. The molecule has 3 nitrogen and oxygen atoms in total. The summed E-state index contributed by atoms with van der Waals surface area (Å²) in [5, 5.41) is 3.18. The van der Waals surface area contributed by atoms with Crippen LogP contribution in [0.3, 0.4) is 0 Å². The predicted molar refractivity (Wildman–Crippen MR) is 90.3 cm³/mol. The Morgan fingerprint density at radius 3 is 2.50 bits per heavy atom. The maximum Gasteiger partial charge on any atom is 0.251 e. The zero-order valence-corrected chi connectivity index (χ0v) is 14.3. The molecule has 0 bridgehead atoms. The van der Waals surface area contributed by atoms with Gasteiger partial charge in [0.1, 0.15) is 5.75 Å². The summed E-state index contributed by atoms with van der Waals surface area (Å²) in [4.78, 5) is 12.4. The molecule has 122 valence electrons. The number of hydrogen-bond donors (Lipinski definition) is 1. The zero-order valence-electron chi connectivity index (χ0n) is 14.3. The van der Waals surface area contributed by atoms with E-state index in [4.69, 9.17) is 4.74 Å². The average molecular weight is 303 g/mol. The van der Waals surface area contributed by atoms with Crippen LogP contribution in [-0.4, -0.2) is 18.6 Å². The molecular weight excluding hydrogens is 274 g/mol. The quantitative estimate of drug-likeness (QED) is 0.894. The molecule has 0 spiro atoms. The van der Waals surface area contributed by atoms with Crippen molar-refractivity contribution in [3.63, 3.8) is 0 Å². The number of hydrogen-bond acceptors (Lipinski definition) is 2. The SMILES string of the molecule is CCOc1cccc(C(=O)NC2CCC(C(C)(C)C)CC2)c1. The topological polar surface area (TPSA) is 38.3 Å². The van der Waals surface area contributed by atoms with E-state index in [0.29, 0.717) is 23.6 Å². The normalized spacial score (nSPS) is 22.2. The first kappa shape index (κ1) is 16.9. The second kappa shape index (κ2) is 7.17. The van der Waals surface area contributed by atoms with Crippen LogP contribution in [0.25, 0.3) is 0 Å². The zero-order chi connectivity index (χ0) is 16.2. The molecule has 0 saturated heterocycles. The first-order chi connectivity index (χ1) is 10.4. The standard InChI is InChI=1S/C19H29NO2/c1-5-22-17-8-6-7-14(13-17)18(21)20-16-11-9-15(10-12-16)19(2,3)4/h6-8,13,15-16H,5,9-12H2,1-4H3,(H,20,21). The molecule has 1 saturated carbocycles. The van der Waals surface area contributed by atoms with Crippen LogP contribution in [0.4, 0.5) is 0 Å². The van der Waals surface area contributed by atoms with E-state index in [-0.39, 0.29) is 5.91 Å². The van der Waals surface area contributed by atoms with Crippen LogP contribution >= 0.6 is 0 Å². The van der Waals surface area contributed by atoms with Crippen molar-refractivity contribution in [1.29, 1.82) is 0 Å². The second-order valence-electron chi connectivity index (χ2n) is 7.35. The fourth-order valence-corrected chi connectivity index (χ4v) is 3.27. The molecule has 0 atom stereocenters. The van der Waals surface area contributed by atoms with Crippen molar-refractivity contribution in [2.75, 3.05) is 6.61 Å². The minimum atomic E-state index is 0.0146. The highest BCUT2D eigenvalue weighted by Crippen LogP contribution is 2.37. The highest BCUT2D eigenvalue weighted by Gasteiger charge is 2.30. The molecule has 1 N–H and O–H groups in total. The molecule has 0 radical (unpaired) electrons. The molecule has 2 rings (SSSR count). The van der Waals surface area contributed by atoms with E-state index in [0.717, 1.165) is 24.5 Å². The van der Waals surface area contributed by atoms with Gasteiger partial charge in [0.2, 0.25) is 0 Å². The molecule has 0 aromatic heterocycles. The van der Waals surface area contributed by atoms with E-state index in [2.05, 4.69) is 26.1 Å². The lowest BCUT2D eigenvalue weighted by Gasteiger charge is -2.37. The van der Waals surface area contributed by atoms with E-state index < -0.39 is 0 Å². The largest absolute Gasteiger partial charge is 0.494 e. The minimum Gasteiger partial charge on any atom is -0.494 e. The molecule has 1 fully saturated rings. The van der Waals surface area contributed by atoms with Gasteiger partial charge in [0.25, 0.3) is 5.91 Å². The van der Waals surface area contributed by atoms with Gasteiger partial charge >= 0.3 is 0 Å². The van der Waals surface area contributed by atoms with Crippen molar-refractivity contribution in [3.05, 3.63) is 29.8 Å². The van der Waals surface area contributed by atoms with Crippen LogP contribution in [0.2, 0.25) is 0 Å². The molecule has 1 aromatic carbocycles. The molecule has 3 heteroatoms. The number of carbonyl (C=O) groups excluding carboxylic acids is 1. The second-order valence-corrected chi connectivity index (χ2v) is 7.35. The summed E-state index contributed by atoms with van der Waals surface area (Å²) >= 11 is 0. The lowest BCUT2D eigenvalue weighted by atomic mass is 9.71. The third kappa shape index (κ3) is 4.49. The molecular formula is C19H29NO2. The van der Waals surface area contributed by atoms with Crippen molar-refractivity contribution in [3.8, 4) is 5.75 Å². The third-order valence-corrected chi connectivity index (χ3v) is 4.69. The highest BCUT2D eigenvalue weighted by molar-refractivity contribution is 5.94. The van der Waals surface area contributed by atoms with Gasteiger partial charge in [-0.1, -0.05) is 26.8 Å². The summed E-state index contributed by atoms with van der Waals surface area (Å²) in [5.41, 5.74) is 1.06. The van der Waals surface area contributed by atoms with Crippen molar-refractivity contribution >= 4 is 5.91 Å². The first-order valence-corrected chi connectivity index (χ1v) is 8.44. The maximum absolute atomic E-state index is 12.4. The van der Waals surface area contributed by atoms with E-state index in [1.165, 1.54) is 12.8 Å². The van der Waals surface area contributed by atoms with Gasteiger partial charge in [-0.05, 0) is 62.1 Å². The lowest BCUT2D eigenvalue weighted by Crippen LogP contribution is -2.39. The monoisotopic (exact) mass is 303 g/mol. The van der Waals surface area contributed by atoms with Gasteiger partial charge in [-0.25, -0.2) is 0 Å². The molecule has 1 amide bonds. The summed E-state index contributed by atoms with van der Waals surface area (Å²) in [6.07, 6.45) is 4.57. The Labute approximate surface area is 134 Å². The van der Waals surface area contributed by atoms with E-state index in [9.17, 15) is 4.79 Å². The van der Waals surface area contributed by atoms with Crippen LogP contribution in [0, 0.1) is 11.3 Å². The number of nitrogens with one attached hydrogen (secondary N) is 1. The number of rotatable bonds is 4. The van der Waals surface area contributed by atoms with Crippen LogP contribution in [0.15, 0.2) is 24.3 Å². The van der Waals surface area contributed by atoms with E-state index in [1.807, 2.05) is 31.2 Å². The fraction of sp³-hybridized carbons (Fsp3) is 0.632. The number of benzene rings is 1. The molecule has 1 aliphatic rings. The van der Waals surface area contributed by atoms with Crippen LogP contribution < -0.4 is 10.1 Å². The van der Waals surface area contributed by atoms with Gasteiger partial charge in [0.15, 0.2) is 0 Å². The Hall–Kier alpha value is -1.51. The Balaban J connectivity index is 1.89. The molecule has 0 aliphatic heterocycles. The van der Waals surface area contributed by atoms with Crippen molar-refractivity contribution in [1.82, 2.24) is 5.32 Å². The number of carbonyl (C=O) groups is 1. The van der Waals surface area contributed by atoms with E-state index in [1.54, 1.807) is 0 Å². The van der Waals surface area contributed by atoms with Gasteiger partial charge in [-0.15, -0.1) is 0 Å². The van der Waals surface area contributed by atoms with Crippen LogP contribution in [-0.2, 0) is 0 Å². The lowest BCUT2D eigenvalue weighted by molar-refractivity contribution is 0.0903. The van der Waals surface area contributed by atoms with Gasteiger partial charge in [-0.3, -0.25) is 4.79 Å². The summed E-state index contributed by atoms with van der Waals surface area (Å²) in [5.74, 6) is 1.54. The van der Waals surface area contributed by atoms with Crippen LogP contribution in [0.1, 0.15) is 63.7 Å². The van der Waals surface area contributed by atoms with Gasteiger partial charge < -0.3 is 10.1 Å². The summed E-state index contributed by atoms with van der Waals surface area (Å²) in [6.45, 7) is 9.50.